The highest BCUT2D eigenvalue weighted by molar-refractivity contribution is 5.91. The van der Waals surface area contributed by atoms with E-state index in [9.17, 15) is 33.9 Å². The number of carboxylic acid groups (broad SMARTS) is 1. The fraction of sp³-hybridized carbons (Fsp3) is 0.833. The van der Waals surface area contributed by atoms with Gasteiger partial charge < -0.3 is 55.1 Å². The number of β-amino-alcohol motifs (C(OH)–C–C–N with tert-alkyl or cyclic N) is 2. The number of carbonyl (C=O) groups is 6. The number of aliphatic carboxylic acids is 1. The zero-order valence-corrected chi connectivity index (χ0v) is 32.7. The number of amides is 3. The van der Waals surface area contributed by atoms with Crippen molar-refractivity contribution in [1.82, 2.24) is 20.9 Å². The van der Waals surface area contributed by atoms with Gasteiger partial charge in [-0.15, -0.1) is 0 Å². The maximum Gasteiger partial charge on any atom is 0.408 e. The molecule has 2 fully saturated rings. The molecule has 2 aliphatic heterocycles. The van der Waals surface area contributed by atoms with Gasteiger partial charge in [0.05, 0.1) is 26.4 Å². The highest BCUT2D eigenvalue weighted by atomic mass is 16.6. The second kappa shape index (κ2) is 21.9. The first-order chi connectivity index (χ1) is 22.9. The van der Waals surface area contributed by atoms with Crippen LogP contribution in [0.3, 0.4) is 0 Å². The van der Waals surface area contributed by atoms with Gasteiger partial charge in [-0.2, -0.15) is 0 Å². The van der Waals surface area contributed by atoms with Gasteiger partial charge in [-0.1, -0.05) is 56.4 Å². The number of hydrogen-bond donors (Lipinski definition) is 6. The topological polar surface area (TPSA) is 239 Å². The highest BCUT2D eigenvalue weighted by Gasteiger charge is 2.45. The summed E-state index contributed by atoms with van der Waals surface area (Å²) in [5.74, 6) is -2.41. The Morgan fingerprint density at radius 1 is 0.679 bits per heavy atom. The van der Waals surface area contributed by atoms with Crippen LogP contribution in [0.1, 0.15) is 111 Å². The fourth-order valence-corrected chi connectivity index (χ4v) is 4.77. The number of methoxy groups -OCH3 is 2. The number of likely N-dealkylation sites (tertiary alicyclic amines) is 1. The summed E-state index contributed by atoms with van der Waals surface area (Å²) in [5.41, 5.74) is -2.52. The van der Waals surface area contributed by atoms with E-state index >= 15 is 0 Å². The van der Waals surface area contributed by atoms with Gasteiger partial charge >= 0.3 is 30.1 Å². The van der Waals surface area contributed by atoms with Gasteiger partial charge in [0, 0.05) is 25.9 Å². The Labute approximate surface area is 316 Å². The van der Waals surface area contributed by atoms with Crippen LogP contribution in [0.5, 0.6) is 0 Å². The predicted molar refractivity (Wildman–Crippen MR) is 199 cm³/mol. The van der Waals surface area contributed by atoms with Gasteiger partial charge in [0.15, 0.2) is 0 Å². The van der Waals surface area contributed by atoms with Crippen LogP contribution in [0.4, 0.5) is 9.59 Å². The fourth-order valence-electron chi connectivity index (χ4n) is 4.77. The Balaban J connectivity index is -0.000000765. The molecule has 0 aromatic rings. The largest absolute Gasteiger partial charge is 0.480 e. The third-order valence-electron chi connectivity index (χ3n) is 7.18. The van der Waals surface area contributed by atoms with Crippen LogP contribution in [0.15, 0.2) is 0 Å². The zero-order valence-electron chi connectivity index (χ0n) is 32.7. The van der Waals surface area contributed by atoms with Crippen molar-refractivity contribution in [2.75, 3.05) is 27.3 Å². The van der Waals surface area contributed by atoms with Crippen molar-refractivity contribution in [3.8, 4) is 0 Å². The standard InChI is InChI=1S/C17H30N2O6.C11H21NO4.C6H11NO3.2CH4/c1-16(2,3)12(18-15(23)25-17(4,5)6)13(21)19-9-10(20)8-11(19)14(22)24-7;1-10(2,3)7(8(13)14)12-9(15)16-11(4,5)6;1-10-6(9)5-2-4(8)3-7-5;;/h10-12,20H,8-9H2,1-7H3,(H,18,23);7H,1-6H3,(H,12,15)(H,13,14);4-5,7-8H,2-3H2,1H3;2*1H4/t10-,11-,12+;7-;4-,5-;;/m010../s1. The molecule has 0 spiro atoms. The number of aliphatic hydroxyl groups is 2. The summed E-state index contributed by atoms with van der Waals surface area (Å²) in [6.45, 7) is 21.5. The molecule has 2 rings (SSSR count). The molecule has 17 nitrogen and oxygen atoms in total. The number of ether oxygens (including phenoxy) is 4. The van der Waals surface area contributed by atoms with Crippen molar-refractivity contribution in [3.63, 3.8) is 0 Å². The van der Waals surface area contributed by atoms with Crippen molar-refractivity contribution in [2.45, 2.75) is 158 Å². The monoisotopic (exact) mass is 766 g/mol. The second-order valence-electron chi connectivity index (χ2n) is 16.5. The van der Waals surface area contributed by atoms with Crippen LogP contribution in [-0.2, 0) is 38.1 Å². The van der Waals surface area contributed by atoms with Crippen LogP contribution in [0, 0.1) is 10.8 Å². The number of hydrogen-bond acceptors (Lipinski definition) is 13. The zero-order chi connectivity index (χ0) is 40.3. The van der Waals surface area contributed by atoms with E-state index in [1.54, 1.807) is 83.1 Å². The first kappa shape index (κ1) is 53.7. The molecule has 0 saturated carbocycles. The summed E-state index contributed by atoms with van der Waals surface area (Å²) in [7, 11) is 2.57. The normalized spacial score (nSPS) is 20.9. The van der Waals surface area contributed by atoms with Gasteiger partial charge in [-0.05, 0) is 52.4 Å². The van der Waals surface area contributed by atoms with Crippen molar-refractivity contribution in [2.24, 2.45) is 10.8 Å². The molecule has 0 aromatic carbocycles. The van der Waals surface area contributed by atoms with E-state index in [1.807, 2.05) is 0 Å². The molecule has 6 atom stereocenters. The first-order valence-electron chi connectivity index (χ1n) is 16.7. The lowest BCUT2D eigenvalue weighted by Gasteiger charge is -2.35. The van der Waals surface area contributed by atoms with Crippen LogP contribution < -0.4 is 16.0 Å². The molecule has 0 unspecified atom stereocenters. The van der Waals surface area contributed by atoms with E-state index < -0.39 is 82.4 Å². The summed E-state index contributed by atoms with van der Waals surface area (Å²) in [5, 5.41) is 35.6. The molecule has 2 aliphatic rings. The average molecular weight is 767 g/mol. The lowest BCUT2D eigenvalue weighted by molar-refractivity contribution is -0.152. The number of rotatable bonds is 6. The summed E-state index contributed by atoms with van der Waals surface area (Å²) in [4.78, 5) is 71.5. The number of alkyl carbamates (subject to hydrolysis) is 2. The molecule has 0 aromatic heterocycles. The van der Waals surface area contributed by atoms with Crippen molar-refractivity contribution in [3.05, 3.63) is 0 Å². The van der Waals surface area contributed by atoms with Crippen molar-refractivity contribution in [1.29, 1.82) is 0 Å². The maximum atomic E-state index is 13.0. The molecule has 0 radical (unpaired) electrons. The molecule has 0 bridgehead atoms. The summed E-state index contributed by atoms with van der Waals surface area (Å²) >= 11 is 0. The molecule has 0 aliphatic carbocycles. The van der Waals surface area contributed by atoms with Crippen molar-refractivity contribution < 1.29 is 63.0 Å². The van der Waals surface area contributed by atoms with E-state index in [2.05, 4.69) is 20.7 Å². The maximum absolute atomic E-state index is 13.0. The smallest absolute Gasteiger partial charge is 0.408 e. The molecule has 17 heteroatoms. The Kier molecular flexibility index (Phi) is 22.1. The lowest BCUT2D eigenvalue weighted by Crippen LogP contribution is -2.57. The van der Waals surface area contributed by atoms with Gasteiger partial charge in [-0.25, -0.2) is 19.2 Å². The lowest BCUT2D eigenvalue weighted by atomic mass is 9.85. The van der Waals surface area contributed by atoms with E-state index in [0.717, 1.165) is 0 Å². The summed E-state index contributed by atoms with van der Waals surface area (Å²) in [6.07, 6.45) is -2.06. The molecular weight excluding hydrogens is 696 g/mol. The minimum absolute atomic E-state index is 0. The first-order valence-corrected chi connectivity index (χ1v) is 16.7. The summed E-state index contributed by atoms with van der Waals surface area (Å²) in [6, 6.07) is -3.06. The van der Waals surface area contributed by atoms with E-state index in [4.69, 9.17) is 24.4 Å². The second-order valence-corrected chi connectivity index (χ2v) is 16.5. The average Bonchev–Trinajstić information content (AvgIpc) is 3.56. The molecular formula is C36H70N4O13. The van der Waals surface area contributed by atoms with E-state index in [1.165, 1.54) is 19.1 Å². The van der Waals surface area contributed by atoms with E-state index in [-0.39, 0.29) is 39.8 Å². The molecule has 3 amide bonds. The molecule has 6 N–H and O–H groups in total. The number of nitrogens with one attached hydrogen (secondary N) is 3. The number of aliphatic hydroxyl groups excluding tert-OH is 2. The Hall–Kier alpha value is -3.70. The van der Waals surface area contributed by atoms with Crippen LogP contribution >= 0.6 is 0 Å². The third kappa shape index (κ3) is 20.4. The van der Waals surface area contributed by atoms with Gasteiger partial charge in [-0.3, -0.25) is 9.59 Å². The van der Waals surface area contributed by atoms with Gasteiger partial charge in [0.25, 0.3) is 0 Å². The Bertz CT molecular complexity index is 1200. The van der Waals surface area contributed by atoms with Crippen LogP contribution in [0.25, 0.3) is 0 Å². The Morgan fingerprint density at radius 3 is 1.42 bits per heavy atom. The molecule has 53 heavy (non-hydrogen) atoms. The van der Waals surface area contributed by atoms with E-state index in [0.29, 0.717) is 13.0 Å². The molecule has 312 valence electrons. The number of carbonyl (C=O) groups excluding carboxylic acids is 5. The Morgan fingerprint density at radius 2 is 1.09 bits per heavy atom. The van der Waals surface area contributed by atoms with Crippen LogP contribution in [-0.4, -0.2) is 131 Å². The number of esters is 2. The van der Waals surface area contributed by atoms with Gasteiger partial charge in [0.2, 0.25) is 5.91 Å². The number of carboxylic acids is 1. The molecule has 2 saturated heterocycles. The van der Waals surface area contributed by atoms with Crippen molar-refractivity contribution >= 4 is 36.0 Å². The minimum atomic E-state index is -1.07. The molecule has 2 heterocycles. The highest BCUT2D eigenvalue weighted by Crippen LogP contribution is 2.27. The quantitative estimate of drug-likeness (QED) is 0.168. The number of nitrogens with zero attached hydrogens (tertiary/aromatic N) is 1. The van der Waals surface area contributed by atoms with Crippen LogP contribution in [0.2, 0.25) is 0 Å². The van der Waals surface area contributed by atoms with Gasteiger partial charge in [0.1, 0.15) is 35.4 Å². The predicted octanol–water partition coefficient (Wildman–Crippen LogP) is 3.23. The SMILES string of the molecule is C.C.CC(C)(C)OC(=O)N[C@H](C(=O)O)C(C)(C)C.COC(=O)[C@@H]1C[C@H](O)CN1.COC(=O)[C@@H]1C[C@H](O)CN1C(=O)[C@@H](NC(=O)OC(C)(C)C)C(C)(C)C. The summed E-state index contributed by atoms with van der Waals surface area (Å²) < 4.78 is 19.4. The third-order valence-corrected chi connectivity index (χ3v) is 7.18. The minimum Gasteiger partial charge on any atom is -0.480 e.